The maximum atomic E-state index is 13.6. The van der Waals surface area contributed by atoms with Crippen LogP contribution in [0, 0.1) is 19.7 Å². The first kappa shape index (κ1) is 16.2. The molecule has 118 valence electrons. The molecule has 1 aliphatic heterocycles. The van der Waals surface area contributed by atoms with Gasteiger partial charge >= 0.3 is 0 Å². The fourth-order valence-corrected chi connectivity index (χ4v) is 4.38. The van der Waals surface area contributed by atoms with Crippen LogP contribution >= 0.6 is 0 Å². The smallest absolute Gasteiger partial charge is 0.243 e. The second-order valence-corrected chi connectivity index (χ2v) is 6.96. The van der Waals surface area contributed by atoms with E-state index in [1.807, 2.05) is 0 Å². The molecule has 0 spiro atoms. The second kappa shape index (κ2) is 5.88. The Labute approximate surface area is 123 Å². The molecule has 1 aliphatic rings. The van der Waals surface area contributed by atoms with Crippen molar-refractivity contribution < 1.29 is 22.7 Å². The van der Waals surface area contributed by atoms with Crippen LogP contribution in [-0.4, -0.2) is 50.2 Å². The maximum Gasteiger partial charge on any atom is 0.243 e. The summed E-state index contributed by atoms with van der Waals surface area (Å²) < 4.78 is 45.6. The van der Waals surface area contributed by atoms with Gasteiger partial charge in [0.2, 0.25) is 10.0 Å². The van der Waals surface area contributed by atoms with Crippen LogP contribution in [0.15, 0.2) is 11.0 Å². The minimum Gasteiger partial charge on any atom is -0.396 e. The van der Waals surface area contributed by atoms with Crippen molar-refractivity contribution in [3.05, 3.63) is 23.0 Å². The number of nitrogen functional groups attached to an aromatic ring is 1. The lowest BCUT2D eigenvalue weighted by atomic mass is 10.1. The number of halogens is 1. The molecule has 1 fully saturated rings. The zero-order valence-corrected chi connectivity index (χ0v) is 12.8. The van der Waals surface area contributed by atoms with Crippen molar-refractivity contribution in [2.45, 2.75) is 24.8 Å². The van der Waals surface area contributed by atoms with Crippen LogP contribution in [0.1, 0.15) is 11.1 Å². The van der Waals surface area contributed by atoms with Crippen LogP contribution in [0.25, 0.3) is 0 Å². The lowest BCUT2D eigenvalue weighted by Gasteiger charge is -2.32. The predicted molar refractivity (Wildman–Crippen MR) is 75.9 cm³/mol. The van der Waals surface area contributed by atoms with Gasteiger partial charge in [-0.3, -0.25) is 0 Å². The zero-order chi connectivity index (χ0) is 15.8. The number of ether oxygens (including phenoxy) is 1. The van der Waals surface area contributed by atoms with Crippen LogP contribution < -0.4 is 5.73 Å². The van der Waals surface area contributed by atoms with E-state index in [-0.39, 0.29) is 42.4 Å². The van der Waals surface area contributed by atoms with E-state index in [0.717, 1.165) is 6.07 Å². The highest BCUT2D eigenvalue weighted by Gasteiger charge is 2.33. The molecule has 1 unspecified atom stereocenters. The number of nitrogens with two attached hydrogens (primary N) is 1. The third kappa shape index (κ3) is 2.89. The van der Waals surface area contributed by atoms with Gasteiger partial charge in [0.15, 0.2) is 0 Å². The van der Waals surface area contributed by atoms with E-state index < -0.39 is 21.9 Å². The SMILES string of the molecule is Cc1cc(F)c(N)c(C)c1S(=O)(=O)N1CCOC(CO)C1. The van der Waals surface area contributed by atoms with Crippen LogP contribution in [0.3, 0.4) is 0 Å². The number of rotatable bonds is 3. The van der Waals surface area contributed by atoms with Crippen LogP contribution in [0.5, 0.6) is 0 Å². The summed E-state index contributed by atoms with van der Waals surface area (Å²) >= 11 is 0. The summed E-state index contributed by atoms with van der Waals surface area (Å²) in [6, 6.07) is 1.12. The number of nitrogens with zero attached hydrogens (tertiary/aromatic N) is 1. The summed E-state index contributed by atoms with van der Waals surface area (Å²) in [5.74, 6) is -0.626. The van der Waals surface area contributed by atoms with Crippen LogP contribution in [-0.2, 0) is 14.8 Å². The molecular formula is C13H19FN2O4S. The molecular weight excluding hydrogens is 299 g/mol. The normalized spacial score (nSPS) is 20.7. The maximum absolute atomic E-state index is 13.6. The number of hydrogen-bond acceptors (Lipinski definition) is 5. The number of benzene rings is 1. The quantitative estimate of drug-likeness (QED) is 0.787. The number of morpholine rings is 1. The molecule has 2 rings (SSSR count). The molecule has 0 aliphatic carbocycles. The van der Waals surface area contributed by atoms with E-state index in [2.05, 4.69) is 0 Å². The van der Waals surface area contributed by atoms with Crippen LogP contribution in [0.2, 0.25) is 0 Å². The van der Waals surface area contributed by atoms with Crippen molar-refractivity contribution in [3.8, 4) is 0 Å². The molecule has 0 aromatic heterocycles. The zero-order valence-electron chi connectivity index (χ0n) is 12.0. The Bertz CT molecular complexity index is 648. The monoisotopic (exact) mass is 318 g/mol. The van der Waals surface area contributed by atoms with Gasteiger partial charge in [-0.15, -0.1) is 0 Å². The standard InChI is InChI=1S/C13H19FN2O4S/c1-8-5-11(14)12(15)9(2)13(8)21(18,19)16-3-4-20-10(6-16)7-17/h5,10,17H,3-4,6-7,15H2,1-2H3. The number of aliphatic hydroxyl groups excluding tert-OH is 1. The molecule has 21 heavy (non-hydrogen) atoms. The van der Waals surface area contributed by atoms with E-state index in [0.29, 0.717) is 5.56 Å². The number of aryl methyl sites for hydroxylation is 1. The first-order valence-corrected chi connectivity index (χ1v) is 8.00. The van der Waals surface area contributed by atoms with Crippen molar-refractivity contribution in [3.63, 3.8) is 0 Å². The largest absolute Gasteiger partial charge is 0.396 e. The van der Waals surface area contributed by atoms with Gasteiger partial charge in [0.1, 0.15) is 5.82 Å². The first-order valence-electron chi connectivity index (χ1n) is 6.56. The minimum atomic E-state index is -3.81. The second-order valence-electron chi connectivity index (χ2n) is 5.08. The Hall–Kier alpha value is -1.22. The molecule has 6 nitrogen and oxygen atoms in total. The number of aliphatic hydroxyl groups is 1. The first-order chi connectivity index (χ1) is 9.78. The Morgan fingerprint density at radius 2 is 2.19 bits per heavy atom. The van der Waals surface area contributed by atoms with E-state index >= 15 is 0 Å². The third-order valence-electron chi connectivity index (χ3n) is 3.61. The van der Waals surface area contributed by atoms with Crippen molar-refractivity contribution in [1.29, 1.82) is 0 Å². The molecule has 0 radical (unpaired) electrons. The van der Waals surface area contributed by atoms with Crippen molar-refractivity contribution in [2.24, 2.45) is 0 Å². The summed E-state index contributed by atoms with van der Waals surface area (Å²) in [6.45, 7) is 3.23. The molecule has 1 aromatic carbocycles. The molecule has 0 amide bonds. The third-order valence-corrected chi connectivity index (χ3v) is 5.76. The molecule has 0 bridgehead atoms. The number of hydrogen-bond donors (Lipinski definition) is 2. The summed E-state index contributed by atoms with van der Waals surface area (Å²) in [4.78, 5) is 0.0278. The molecule has 3 N–H and O–H groups in total. The Morgan fingerprint density at radius 1 is 1.52 bits per heavy atom. The fraction of sp³-hybridized carbons (Fsp3) is 0.538. The van der Waals surface area contributed by atoms with Crippen molar-refractivity contribution >= 4 is 15.7 Å². The van der Waals surface area contributed by atoms with E-state index in [1.54, 1.807) is 0 Å². The van der Waals surface area contributed by atoms with Crippen molar-refractivity contribution in [2.75, 3.05) is 32.0 Å². The van der Waals surface area contributed by atoms with Gasteiger partial charge in [-0.05, 0) is 31.0 Å². The van der Waals surface area contributed by atoms with E-state index in [1.165, 1.54) is 18.2 Å². The lowest BCUT2D eigenvalue weighted by Crippen LogP contribution is -2.47. The van der Waals surface area contributed by atoms with Gasteiger partial charge in [-0.25, -0.2) is 12.8 Å². The summed E-state index contributed by atoms with van der Waals surface area (Å²) in [5, 5.41) is 9.12. The highest BCUT2D eigenvalue weighted by molar-refractivity contribution is 7.89. The van der Waals surface area contributed by atoms with Gasteiger partial charge in [0.05, 0.1) is 29.9 Å². The lowest BCUT2D eigenvalue weighted by molar-refractivity contribution is -0.0304. The predicted octanol–water partition coefficient (Wildman–Crippen LogP) is 0.407. The molecule has 1 atom stereocenters. The topological polar surface area (TPSA) is 92.9 Å². The summed E-state index contributed by atoms with van der Waals surface area (Å²) in [5.41, 5.74) is 5.97. The van der Waals surface area contributed by atoms with Crippen LogP contribution in [0.4, 0.5) is 10.1 Å². The number of anilines is 1. The molecule has 1 aromatic rings. The number of sulfonamides is 1. The Kier molecular flexibility index (Phi) is 4.52. The highest BCUT2D eigenvalue weighted by Crippen LogP contribution is 2.30. The van der Waals surface area contributed by atoms with Gasteiger partial charge in [0, 0.05) is 13.1 Å². The van der Waals surface area contributed by atoms with E-state index in [9.17, 15) is 12.8 Å². The Morgan fingerprint density at radius 3 is 2.81 bits per heavy atom. The average molecular weight is 318 g/mol. The Balaban J connectivity index is 2.47. The fourth-order valence-electron chi connectivity index (χ4n) is 2.48. The minimum absolute atomic E-state index is 0.0278. The van der Waals surface area contributed by atoms with E-state index in [4.69, 9.17) is 15.6 Å². The molecule has 0 saturated carbocycles. The summed E-state index contributed by atoms with van der Waals surface area (Å²) in [7, 11) is -3.81. The van der Waals surface area contributed by atoms with Crippen molar-refractivity contribution in [1.82, 2.24) is 4.31 Å². The van der Waals surface area contributed by atoms with Gasteiger partial charge in [0.25, 0.3) is 0 Å². The molecule has 1 saturated heterocycles. The highest BCUT2D eigenvalue weighted by atomic mass is 32.2. The van der Waals surface area contributed by atoms with Gasteiger partial charge in [-0.2, -0.15) is 4.31 Å². The van der Waals surface area contributed by atoms with Gasteiger partial charge in [-0.1, -0.05) is 0 Å². The average Bonchev–Trinajstić information content (AvgIpc) is 2.44. The summed E-state index contributed by atoms with van der Waals surface area (Å²) in [6.07, 6.45) is -0.549. The molecule has 8 heteroatoms. The van der Waals surface area contributed by atoms with Gasteiger partial charge < -0.3 is 15.6 Å². The molecule has 1 heterocycles.